The molecule has 0 unspecified atom stereocenters. The first kappa shape index (κ1) is 16.5. The minimum atomic E-state index is -2.84. The molecule has 1 aliphatic rings. The van der Waals surface area contributed by atoms with Crippen LogP contribution >= 0.6 is 0 Å². The van der Waals surface area contributed by atoms with Crippen LogP contribution in [0.3, 0.4) is 0 Å². The average Bonchev–Trinajstić information content (AvgIpc) is 2.94. The molecule has 1 amide bonds. The van der Waals surface area contributed by atoms with Gasteiger partial charge in [0.05, 0.1) is 5.69 Å². The molecule has 1 aromatic carbocycles. The molecule has 1 saturated heterocycles. The zero-order valence-electron chi connectivity index (χ0n) is 12.9. The molecule has 1 heterocycles. The van der Waals surface area contributed by atoms with Crippen LogP contribution in [0.15, 0.2) is 24.3 Å². The normalized spacial score (nSPS) is 19.3. The standard InChI is InChI=1S/C16H22F2N2O2/c1-3-11(2)15(21)19-12-8-9-20(10-12)13-6-4-5-7-14(13)22-16(17)18/h4-7,11-12,16H,3,8-10H2,1-2H3,(H,19,21)/t11-,12-/m0/s1. The fourth-order valence-corrected chi connectivity index (χ4v) is 2.54. The number of carbonyl (C=O) groups excluding carboxylic acids is 1. The SMILES string of the molecule is CC[C@H](C)C(=O)N[C@H]1CCN(c2ccccc2OC(F)F)C1. The van der Waals surface area contributed by atoms with Gasteiger partial charge >= 0.3 is 6.61 Å². The largest absolute Gasteiger partial charge is 0.433 e. The Morgan fingerprint density at radius 1 is 1.45 bits per heavy atom. The van der Waals surface area contributed by atoms with Gasteiger partial charge in [0.15, 0.2) is 0 Å². The minimum Gasteiger partial charge on any atom is -0.433 e. The van der Waals surface area contributed by atoms with Crippen molar-refractivity contribution in [2.24, 2.45) is 5.92 Å². The van der Waals surface area contributed by atoms with Crippen molar-refractivity contribution in [2.75, 3.05) is 18.0 Å². The maximum absolute atomic E-state index is 12.5. The number of nitrogens with one attached hydrogen (secondary N) is 1. The number of alkyl halides is 2. The number of carbonyl (C=O) groups is 1. The van der Waals surface area contributed by atoms with Crippen molar-refractivity contribution in [1.82, 2.24) is 5.32 Å². The first-order chi connectivity index (χ1) is 10.5. The van der Waals surface area contributed by atoms with E-state index in [-0.39, 0.29) is 23.6 Å². The van der Waals surface area contributed by atoms with Crippen molar-refractivity contribution in [3.8, 4) is 5.75 Å². The maximum Gasteiger partial charge on any atom is 0.387 e. The fourth-order valence-electron chi connectivity index (χ4n) is 2.54. The highest BCUT2D eigenvalue weighted by molar-refractivity contribution is 5.78. The van der Waals surface area contributed by atoms with E-state index in [1.807, 2.05) is 18.7 Å². The second kappa shape index (κ2) is 7.42. The van der Waals surface area contributed by atoms with Crippen LogP contribution in [-0.4, -0.2) is 31.7 Å². The van der Waals surface area contributed by atoms with Crippen molar-refractivity contribution in [3.05, 3.63) is 24.3 Å². The molecule has 1 aliphatic heterocycles. The topological polar surface area (TPSA) is 41.6 Å². The highest BCUT2D eigenvalue weighted by atomic mass is 19.3. The lowest BCUT2D eigenvalue weighted by Gasteiger charge is -2.22. The molecule has 22 heavy (non-hydrogen) atoms. The van der Waals surface area contributed by atoms with Crippen LogP contribution in [0.25, 0.3) is 0 Å². The highest BCUT2D eigenvalue weighted by Crippen LogP contribution is 2.31. The second-order valence-electron chi connectivity index (χ2n) is 5.60. The molecule has 2 atom stereocenters. The number of para-hydroxylation sites is 2. The lowest BCUT2D eigenvalue weighted by molar-refractivity contribution is -0.125. The summed E-state index contributed by atoms with van der Waals surface area (Å²) in [5, 5.41) is 3.02. The summed E-state index contributed by atoms with van der Waals surface area (Å²) in [7, 11) is 0. The quantitative estimate of drug-likeness (QED) is 0.878. The van der Waals surface area contributed by atoms with Gasteiger partial charge in [-0.05, 0) is 25.0 Å². The van der Waals surface area contributed by atoms with Gasteiger partial charge in [-0.2, -0.15) is 8.78 Å². The Balaban J connectivity index is 2.00. The van der Waals surface area contributed by atoms with Crippen molar-refractivity contribution in [1.29, 1.82) is 0 Å². The number of benzene rings is 1. The summed E-state index contributed by atoms with van der Waals surface area (Å²) in [5.74, 6) is 0.210. The zero-order valence-corrected chi connectivity index (χ0v) is 12.9. The van der Waals surface area contributed by atoms with Crippen LogP contribution in [0.4, 0.5) is 14.5 Å². The van der Waals surface area contributed by atoms with Crippen molar-refractivity contribution >= 4 is 11.6 Å². The first-order valence-electron chi connectivity index (χ1n) is 7.60. The number of amides is 1. The monoisotopic (exact) mass is 312 g/mol. The van der Waals surface area contributed by atoms with E-state index in [2.05, 4.69) is 10.1 Å². The summed E-state index contributed by atoms with van der Waals surface area (Å²) in [5.41, 5.74) is 0.642. The Hall–Kier alpha value is -1.85. The lowest BCUT2D eigenvalue weighted by Crippen LogP contribution is -2.39. The van der Waals surface area contributed by atoms with Crippen LogP contribution in [0.5, 0.6) is 5.75 Å². The number of halogens is 2. The van der Waals surface area contributed by atoms with Gasteiger partial charge in [0, 0.05) is 25.0 Å². The van der Waals surface area contributed by atoms with Crippen LogP contribution in [-0.2, 0) is 4.79 Å². The Bertz CT molecular complexity index is 511. The summed E-state index contributed by atoms with van der Waals surface area (Å²) in [6.45, 7) is 2.34. The Labute approximate surface area is 129 Å². The molecule has 0 saturated carbocycles. The molecular formula is C16H22F2N2O2. The van der Waals surface area contributed by atoms with E-state index >= 15 is 0 Å². The number of anilines is 1. The van der Waals surface area contributed by atoms with Gasteiger partial charge in [0.1, 0.15) is 5.75 Å². The van der Waals surface area contributed by atoms with E-state index in [1.54, 1.807) is 18.2 Å². The number of hydrogen-bond donors (Lipinski definition) is 1. The molecule has 1 N–H and O–H groups in total. The minimum absolute atomic E-state index is 0.0106. The van der Waals surface area contributed by atoms with E-state index in [9.17, 15) is 13.6 Å². The summed E-state index contributed by atoms with van der Waals surface area (Å²) in [4.78, 5) is 13.9. The van der Waals surface area contributed by atoms with Gasteiger partial charge in [0.2, 0.25) is 5.91 Å². The van der Waals surface area contributed by atoms with Gasteiger partial charge < -0.3 is 15.0 Å². The number of hydrogen-bond acceptors (Lipinski definition) is 3. The molecule has 4 nitrogen and oxygen atoms in total. The van der Waals surface area contributed by atoms with E-state index in [4.69, 9.17) is 0 Å². The summed E-state index contributed by atoms with van der Waals surface area (Å²) in [6.07, 6.45) is 1.60. The van der Waals surface area contributed by atoms with E-state index < -0.39 is 6.61 Å². The fraction of sp³-hybridized carbons (Fsp3) is 0.562. The molecule has 0 aromatic heterocycles. The molecule has 0 bridgehead atoms. The Morgan fingerprint density at radius 2 is 2.18 bits per heavy atom. The van der Waals surface area contributed by atoms with Crippen LogP contribution in [0, 0.1) is 5.92 Å². The van der Waals surface area contributed by atoms with Gasteiger partial charge in [-0.25, -0.2) is 0 Å². The second-order valence-corrected chi connectivity index (χ2v) is 5.60. The molecule has 122 valence electrons. The van der Waals surface area contributed by atoms with Gasteiger partial charge in [-0.3, -0.25) is 4.79 Å². The third-order valence-corrected chi connectivity index (χ3v) is 4.02. The van der Waals surface area contributed by atoms with E-state index in [1.165, 1.54) is 6.07 Å². The predicted octanol–water partition coefficient (Wildman–Crippen LogP) is 3.03. The van der Waals surface area contributed by atoms with Crippen molar-refractivity contribution in [2.45, 2.75) is 39.3 Å². The molecule has 0 spiro atoms. The summed E-state index contributed by atoms with van der Waals surface area (Å²) >= 11 is 0. The Kier molecular flexibility index (Phi) is 5.57. The van der Waals surface area contributed by atoms with Crippen molar-refractivity contribution < 1.29 is 18.3 Å². The molecule has 0 aliphatic carbocycles. The first-order valence-corrected chi connectivity index (χ1v) is 7.60. The van der Waals surface area contributed by atoms with E-state index in [0.717, 1.165) is 12.8 Å². The number of nitrogens with zero attached hydrogens (tertiary/aromatic N) is 1. The average molecular weight is 312 g/mol. The number of ether oxygens (including phenoxy) is 1. The zero-order chi connectivity index (χ0) is 16.1. The molecule has 6 heteroatoms. The van der Waals surface area contributed by atoms with Crippen LogP contribution in [0.1, 0.15) is 26.7 Å². The number of rotatable bonds is 6. The van der Waals surface area contributed by atoms with E-state index in [0.29, 0.717) is 18.8 Å². The summed E-state index contributed by atoms with van der Waals surface area (Å²) in [6, 6.07) is 6.79. The van der Waals surface area contributed by atoms with Crippen LogP contribution < -0.4 is 15.0 Å². The predicted molar refractivity (Wildman–Crippen MR) is 81.3 cm³/mol. The van der Waals surface area contributed by atoms with Crippen LogP contribution in [0.2, 0.25) is 0 Å². The molecule has 2 rings (SSSR count). The van der Waals surface area contributed by atoms with Crippen molar-refractivity contribution in [3.63, 3.8) is 0 Å². The smallest absolute Gasteiger partial charge is 0.387 e. The Morgan fingerprint density at radius 3 is 2.86 bits per heavy atom. The summed E-state index contributed by atoms with van der Waals surface area (Å²) < 4.78 is 29.5. The maximum atomic E-state index is 12.5. The lowest BCUT2D eigenvalue weighted by atomic mass is 10.1. The third kappa shape index (κ3) is 4.08. The highest BCUT2D eigenvalue weighted by Gasteiger charge is 2.27. The molecule has 1 aromatic rings. The molecule has 1 fully saturated rings. The molecule has 0 radical (unpaired) electrons. The van der Waals surface area contributed by atoms with Gasteiger partial charge in [-0.15, -0.1) is 0 Å². The van der Waals surface area contributed by atoms with Gasteiger partial charge in [0.25, 0.3) is 0 Å². The third-order valence-electron chi connectivity index (χ3n) is 4.02. The molecular weight excluding hydrogens is 290 g/mol. The van der Waals surface area contributed by atoms with Gasteiger partial charge in [-0.1, -0.05) is 26.0 Å².